The van der Waals surface area contributed by atoms with Gasteiger partial charge in [0.15, 0.2) is 23.7 Å². The molecular formula is C37H45F3N2O14. The second-order valence-electron chi connectivity index (χ2n) is 16.4. The Kier molecular flexibility index (Phi) is 10.1. The molecule has 0 aromatic carbocycles. The molecule has 56 heavy (non-hydrogen) atoms. The van der Waals surface area contributed by atoms with Gasteiger partial charge in [-0.25, -0.2) is 23.2 Å². The largest absolute Gasteiger partial charge is 0.461 e. The molecule has 19 heteroatoms. The van der Waals surface area contributed by atoms with Crippen molar-refractivity contribution in [1.29, 1.82) is 0 Å². The summed E-state index contributed by atoms with van der Waals surface area (Å²) in [6.45, 7) is 3.52. The van der Waals surface area contributed by atoms with E-state index in [1.165, 1.54) is 25.2 Å². The fraction of sp³-hybridized carbons (Fsp3) is 0.703. The number of aromatic nitrogens is 2. The van der Waals surface area contributed by atoms with Crippen molar-refractivity contribution in [1.82, 2.24) is 9.55 Å². The third kappa shape index (κ3) is 6.21. The summed E-state index contributed by atoms with van der Waals surface area (Å²) in [6, 6.07) is 0. The van der Waals surface area contributed by atoms with Crippen molar-refractivity contribution in [3.05, 3.63) is 56.7 Å². The van der Waals surface area contributed by atoms with E-state index in [9.17, 15) is 43.7 Å². The maximum Gasteiger partial charge on any atom is 0.332 e. The zero-order valence-electron chi connectivity index (χ0n) is 31.1. The summed E-state index contributed by atoms with van der Waals surface area (Å²) in [7, 11) is 0. The van der Waals surface area contributed by atoms with Crippen LogP contribution in [0, 0.1) is 28.5 Å². The number of carbonyl (C=O) groups is 3. The average molecular weight is 799 g/mol. The van der Waals surface area contributed by atoms with Crippen molar-refractivity contribution in [2.75, 3.05) is 26.4 Å². The third-order valence-corrected chi connectivity index (χ3v) is 12.8. The molecule has 0 bridgehead atoms. The van der Waals surface area contributed by atoms with Crippen molar-refractivity contribution >= 4 is 17.7 Å². The van der Waals surface area contributed by atoms with Gasteiger partial charge in [0.05, 0.1) is 30.6 Å². The van der Waals surface area contributed by atoms with Gasteiger partial charge in [-0.1, -0.05) is 19.1 Å². The quantitative estimate of drug-likeness (QED) is 0.188. The fourth-order valence-corrected chi connectivity index (χ4v) is 10.4. The minimum atomic E-state index is -2.36. The van der Waals surface area contributed by atoms with Crippen molar-refractivity contribution in [2.45, 2.75) is 113 Å². The standard InChI is InChI=1S/C37H45F3N2O14/c1-33(2)55-27-9-18-19-8-21(38)20-7-17(43)5-6-34(20,3)36(19,40)25(45)11-35(18,4)37(27,56-33)26(46)14-53-30(48)16-51-15-29(47)52-13-24-23(44)10-28(54-24)42-12-22(39)31(49)41-32(42)50/h5-7,12,17-19,21,23-25,27-28,43-45H,8-11,13-16H2,1-4H3,(H,41,49,50)/t17?,18?,19?,21-,23?,24?,25-,27+,28?,34?,35?,36-,37+/m0/s1. The number of nitrogens with one attached hydrogen (secondary N) is 1. The number of aliphatic hydroxyl groups is 3. The number of halogens is 3. The van der Waals surface area contributed by atoms with Gasteiger partial charge in [-0.3, -0.25) is 19.1 Å². The lowest BCUT2D eigenvalue weighted by molar-refractivity contribution is -0.249. The molecule has 308 valence electrons. The summed E-state index contributed by atoms with van der Waals surface area (Å²) < 4.78 is 81.4. The van der Waals surface area contributed by atoms with Gasteiger partial charge in [0.2, 0.25) is 11.6 Å². The first-order valence-corrected chi connectivity index (χ1v) is 18.4. The molecule has 0 radical (unpaired) electrons. The van der Waals surface area contributed by atoms with E-state index >= 15 is 8.78 Å². The lowest BCUT2D eigenvalue weighted by atomic mass is 9.44. The van der Waals surface area contributed by atoms with Crippen molar-refractivity contribution < 1.29 is 71.3 Å². The Hall–Kier alpha value is -3.72. The number of hydrogen-bond acceptors (Lipinski definition) is 14. The number of H-pyrrole nitrogens is 1. The number of hydrogen-bond donors (Lipinski definition) is 4. The lowest BCUT2D eigenvalue weighted by Crippen LogP contribution is -2.71. The predicted octanol–water partition coefficient (Wildman–Crippen LogP) is 0.607. The third-order valence-electron chi connectivity index (χ3n) is 12.8. The Balaban J connectivity index is 0.956. The van der Waals surface area contributed by atoms with E-state index in [-0.39, 0.29) is 31.3 Å². The molecule has 2 saturated heterocycles. The fourth-order valence-electron chi connectivity index (χ4n) is 10.4. The highest BCUT2D eigenvalue weighted by Gasteiger charge is 2.80. The van der Waals surface area contributed by atoms with Crippen LogP contribution in [0.15, 0.2) is 39.6 Å². The molecular weight excluding hydrogens is 753 g/mol. The number of alkyl halides is 2. The number of carbonyl (C=O) groups excluding carboxylic acids is 3. The Labute approximate surface area is 317 Å². The lowest BCUT2D eigenvalue weighted by Gasteiger charge is -2.63. The van der Waals surface area contributed by atoms with Gasteiger partial charge in [-0.15, -0.1) is 0 Å². The molecule has 4 aliphatic carbocycles. The van der Waals surface area contributed by atoms with E-state index < -0.39 is 144 Å². The minimum Gasteiger partial charge on any atom is -0.461 e. The molecule has 5 fully saturated rings. The summed E-state index contributed by atoms with van der Waals surface area (Å²) in [4.78, 5) is 64.3. The van der Waals surface area contributed by atoms with Gasteiger partial charge < -0.3 is 43.7 Å². The van der Waals surface area contributed by atoms with E-state index in [4.69, 9.17) is 28.4 Å². The van der Waals surface area contributed by atoms with Gasteiger partial charge in [0.1, 0.15) is 38.3 Å². The van der Waals surface area contributed by atoms with Crippen molar-refractivity contribution in [3.63, 3.8) is 0 Å². The highest BCUT2D eigenvalue weighted by molar-refractivity contribution is 5.92. The predicted molar refractivity (Wildman–Crippen MR) is 181 cm³/mol. The molecule has 2 aliphatic heterocycles. The van der Waals surface area contributed by atoms with Crippen LogP contribution in [-0.2, 0) is 42.8 Å². The molecule has 1 aromatic rings. The number of fused-ring (bicyclic) bond motifs is 7. The molecule has 3 heterocycles. The van der Waals surface area contributed by atoms with Crippen LogP contribution in [0.1, 0.15) is 59.6 Å². The molecule has 16 nitrogen and oxygen atoms in total. The number of aliphatic hydroxyl groups excluding tert-OH is 3. The van der Waals surface area contributed by atoms with E-state index in [0.29, 0.717) is 6.20 Å². The number of allylic oxidation sites excluding steroid dienone is 2. The summed E-state index contributed by atoms with van der Waals surface area (Å²) in [5.74, 6) is -7.05. The normalized spacial score (nSPS) is 41.9. The monoisotopic (exact) mass is 798 g/mol. The second kappa shape index (κ2) is 14.0. The molecule has 0 spiro atoms. The smallest absolute Gasteiger partial charge is 0.332 e. The SMILES string of the molecule is CC1(C)O[C@@H]2CC3C4C[C@H](F)C5=CC(O)C=CC5(C)[C@@]4(F)[C@@H](O)CC3(C)[C@]2(C(=O)COC(=O)COCC(=O)OCC2OC(n3cc(F)c(=O)[nH]c3=O)CC2O)O1. The number of ether oxygens (including phenoxy) is 6. The van der Waals surface area contributed by atoms with Crippen LogP contribution < -0.4 is 11.2 Å². The van der Waals surface area contributed by atoms with Crippen LogP contribution in [0.3, 0.4) is 0 Å². The number of Topliss-reactive ketones (excluding diaryl/α,β-unsaturated/α-hetero) is 1. The van der Waals surface area contributed by atoms with E-state index in [2.05, 4.69) is 0 Å². The molecule has 4 N–H and O–H groups in total. The van der Waals surface area contributed by atoms with Crippen LogP contribution in [0.5, 0.6) is 0 Å². The van der Waals surface area contributed by atoms with Gasteiger partial charge in [-0.2, -0.15) is 4.39 Å². The van der Waals surface area contributed by atoms with Crippen molar-refractivity contribution in [3.8, 4) is 0 Å². The van der Waals surface area contributed by atoms with Crippen LogP contribution in [0.2, 0.25) is 0 Å². The maximum absolute atomic E-state index is 17.7. The van der Waals surface area contributed by atoms with Crippen LogP contribution >= 0.6 is 0 Å². The zero-order valence-corrected chi connectivity index (χ0v) is 31.1. The maximum atomic E-state index is 17.7. The first-order valence-electron chi connectivity index (χ1n) is 18.4. The Morgan fingerprint density at radius 1 is 1.00 bits per heavy atom. The van der Waals surface area contributed by atoms with Crippen LogP contribution in [0.25, 0.3) is 0 Å². The zero-order chi connectivity index (χ0) is 40.7. The number of ketones is 1. The Bertz CT molecular complexity index is 1970. The van der Waals surface area contributed by atoms with Gasteiger partial charge in [0, 0.05) is 23.2 Å². The molecule has 3 saturated carbocycles. The second-order valence-corrected chi connectivity index (χ2v) is 16.4. The molecule has 8 unspecified atom stereocenters. The van der Waals surface area contributed by atoms with Crippen LogP contribution in [0.4, 0.5) is 13.2 Å². The summed E-state index contributed by atoms with van der Waals surface area (Å²) in [5, 5.41) is 32.2. The average Bonchev–Trinajstić information content (AvgIpc) is 3.71. The van der Waals surface area contributed by atoms with Gasteiger partial charge in [0.25, 0.3) is 5.56 Å². The molecule has 0 amide bonds. The van der Waals surface area contributed by atoms with E-state index in [0.717, 1.165) is 4.57 Å². The summed E-state index contributed by atoms with van der Waals surface area (Å²) in [6.07, 6.45) is -4.82. The van der Waals surface area contributed by atoms with E-state index in [1.807, 2.05) is 0 Å². The highest BCUT2D eigenvalue weighted by Crippen LogP contribution is 2.72. The number of esters is 2. The van der Waals surface area contributed by atoms with E-state index in [1.54, 1.807) is 25.8 Å². The Morgan fingerprint density at radius 2 is 1.70 bits per heavy atom. The number of nitrogens with zero attached hydrogens (tertiary/aromatic N) is 1. The molecule has 1 aromatic heterocycles. The highest BCUT2D eigenvalue weighted by atomic mass is 19.1. The van der Waals surface area contributed by atoms with Crippen LogP contribution in [-0.4, -0.2) is 123 Å². The van der Waals surface area contributed by atoms with Gasteiger partial charge >= 0.3 is 17.6 Å². The first kappa shape index (κ1) is 40.5. The first-order chi connectivity index (χ1) is 26.2. The van der Waals surface area contributed by atoms with Gasteiger partial charge in [-0.05, 0) is 57.6 Å². The number of aromatic amines is 1. The topological polar surface area (TPSA) is 222 Å². The Morgan fingerprint density at radius 3 is 2.41 bits per heavy atom. The summed E-state index contributed by atoms with van der Waals surface area (Å²) >= 11 is 0. The summed E-state index contributed by atoms with van der Waals surface area (Å²) in [5.41, 5.74) is -9.17. The minimum absolute atomic E-state index is 0.0609. The molecule has 7 rings (SSSR count). The number of rotatable bonds is 10. The molecule has 13 atom stereocenters. The molecule has 6 aliphatic rings. The van der Waals surface area contributed by atoms with Crippen molar-refractivity contribution in [2.24, 2.45) is 22.7 Å².